The monoisotopic (exact) mass is 178 g/mol. The first-order valence-electron chi connectivity index (χ1n) is 4.33. The lowest BCUT2D eigenvalue weighted by Crippen LogP contribution is -2.18. The maximum absolute atomic E-state index is 11.4. The first kappa shape index (κ1) is 11.8. The van der Waals surface area contributed by atoms with Crippen LogP contribution in [0.25, 0.3) is 0 Å². The minimum atomic E-state index is 0.428. The largest absolute Gasteiger partial charge is 0.380 e. The number of likely N-dealkylation sites (N-methyl/N-ethyl adjacent to an activating group) is 1. The molecule has 0 aromatic heterocycles. The summed E-state index contributed by atoms with van der Waals surface area (Å²) in [5.41, 5.74) is 1.61. The van der Waals surface area contributed by atoms with Gasteiger partial charge in [0.05, 0.1) is 6.61 Å². The first-order valence-corrected chi connectivity index (χ1v) is 4.33. The molecule has 0 spiro atoms. The van der Waals surface area contributed by atoms with Crippen molar-refractivity contribution in [2.75, 3.05) is 40.4 Å². The van der Waals surface area contributed by atoms with E-state index in [9.17, 15) is 4.48 Å². The molecule has 74 valence electrons. The molecule has 0 aliphatic carbocycles. The summed E-state index contributed by atoms with van der Waals surface area (Å²) in [6.45, 7) is 2.87. The smallest absolute Gasteiger partial charge is 0.0593 e. The highest BCUT2D eigenvalue weighted by Gasteiger charge is 1.91. The van der Waals surface area contributed by atoms with Crippen molar-refractivity contribution in [3.05, 3.63) is 0 Å². The van der Waals surface area contributed by atoms with Gasteiger partial charge >= 0.3 is 0 Å². The Bertz CT molecular complexity index is 91.1. The summed E-state index contributed by atoms with van der Waals surface area (Å²) in [6, 6.07) is 0. The van der Waals surface area contributed by atoms with Crippen molar-refractivity contribution >= 4 is 0 Å². The van der Waals surface area contributed by atoms with Crippen LogP contribution in [0.1, 0.15) is 12.8 Å². The molecule has 0 heterocycles. The molecule has 0 saturated carbocycles. The molecule has 0 aliphatic heterocycles. The zero-order chi connectivity index (χ0) is 9.23. The fourth-order valence-corrected chi connectivity index (χ4v) is 0.745. The lowest BCUT2D eigenvalue weighted by Gasteiger charge is -2.09. The van der Waals surface area contributed by atoms with Gasteiger partial charge in [0.1, 0.15) is 0 Å². The second kappa shape index (κ2) is 8.90. The van der Waals surface area contributed by atoms with Gasteiger partial charge in [0, 0.05) is 19.7 Å². The normalized spacial score (nSPS) is 11.0. The number of hydrogen-bond acceptors (Lipinski definition) is 3. The number of nitrogens with one attached hydrogen (secondary N) is 1. The Kier molecular flexibility index (Phi) is 8.76. The zero-order valence-corrected chi connectivity index (χ0v) is 7.98. The molecule has 0 unspecified atom stereocenters. The van der Waals surface area contributed by atoms with E-state index in [-0.39, 0.29) is 0 Å². The average molecular weight is 178 g/mol. The van der Waals surface area contributed by atoms with Gasteiger partial charge in [0.15, 0.2) is 0 Å². The standard InChI is InChI=1S/C8H19FN2O/c1-11(2)6-8-12-7-4-3-5-10-9/h10H,3-8H2,1-2H3. The molecular formula is C8H19FN2O. The third-order valence-electron chi connectivity index (χ3n) is 1.49. The van der Waals surface area contributed by atoms with Gasteiger partial charge in [-0.1, -0.05) is 0 Å². The highest BCUT2D eigenvalue weighted by molar-refractivity contribution is 4.42. The molecule has 1 N–H and O–H groups in total. The molecule has 0 amide bonds. The molecule has 0 aliphatic rings. The van der Waals surface area contributed by atoms with Gasteiger partial charge in [0.2, 0.25) is 0 Å². The molecule has 0 radical (unpaired) electrons. The van der Waals surface area contributed by atoms with Gasteiger partial charge in [0.25, 0.3) is 0 Å². The van der Waals surface area contributed by atoms with Crippen LogP contribution < -0.4 is 5.54 Å². The van der Waals surface area contributed by atoms with Crippen molar-refractivity contribution in [1.29, 1.82) is 0 Å². The van der Waals surface area contributed by atoms with E-state index in [1.165, 1.54) is 0 Å². The summed E-state index contributed by atoms with van der Waals surface area (Å²) < 4.78 is 16.7. The third-order valence-corrected chi connectivity index (χ3v) is 1.49. The van der Waals surface area contributed by atoms with Gasteiger partial charge in [-0.15, -0.1) is 4.48 Å². The molecule has 12 heavy (non-hydrogen) atoms. The summed E-state index contributed by atoms with van der Waals surface area (Å²) in [5.74, 6) is 0. The average Bonchev–Trinajstić information content (AvgIpc) is 2.02. The second-order valence-corrected chi connectivity index (χ2v) is 3.01. The van der Waals surface area contributed by atoms with Crippen molar-refractivity contribution < 1.29 is 9.22 Å². The van der Waals surface area contributed by atoms with E-state index in [2.05, 4.69) is 4.90 Å². The van der Waals surface area contributed by atoms with Gasteiger partial charge in [-0.25, -0.2) is 0 Å². The van der Waals surface area contributed by atoms with Crippen LogP contribution in [0.15, 0.2) is 0 Å². The van der Waals surface area contributed by atoms with Crippen LogP contribution in [0, 0.1) is 0 Å². The van der Waals surface area contributed by atoms with Crippen molar-refractivity contribution in [1.82, 2.24) is 10.4 Å². The zero-order valence-electron chi connectivity index (χ0n) is 7.98. The first-order chi connectivity index (χ1) is 5.77. The number of unbranched alkanes of at least 4 members (excludes halogenated alkanes) is 1. The van der Waals surface area contributed by atoms with E-state index in [0.717, 1.165) is 32.6 Å². The second-order valence-electron chi connectivity index (χ2n) is 3.01. The molecule has 0 bridgehead atoms. The molecule has 0 rings (SSSR count). The van der Waals surface area contributed by atoms with Crippen molar-refractivity contribution in [2.45, 2.75) is 12.8 Å². The Morgan fingerprint density at radius 2 is 2.00 bits per heavy atom. The summed E-state index contributed by atoms with van der Waals surface area (Å²) in [5, 5.41) is 0. The van der Waals surface area contributed by atoms with Crippen LogP contribution in [0.3, 0.4) is 0 Å². The van der Waals surface area contributed by atoms with E-state index in [1.807, 2.05) is 14.1 Å². The Hall–Kier alpha value is -0.190. The van der Waals surface area contributed by atoms with E-state index in [4.69, 9.17) is 4.74 Å². The van der Waals surface area contributed by atoms with Crippen LogP contribution in [-0.4, -0.2) is 45.3 Å². The van der Waals surface area contributed by atoms with Gasteiger partial charge in [-0.2, -0.15) is 5.54 Å². The Morgan fingerprint density at radius 1 is 1.25 bits per heavy atom. The maximum atomic E-state index is 11.4. The lowest BCUT2D eigenvalue weighted by molar-refractivity contribution is 0.113. The molecule has 3 nitrogen and oxygen atoms in total. The summed E-state index contributed by atoms with van der Waals surface area (Å²) in [6.07, 6.45) is 1.75. The van der Waals surface area contributed by atoms with Crippen LogP contribution in [0.4, 0.5) is 4.48 Å². The lowest BCUT2D eigenvalue weighted by atomic mass is 10.3. The summed E-state index contributed by atoms with van der Waals surface area (Å²) >= 11 is 0. The van der Waals surface area contributed by atoms with E-state index in [1.54, 1.807) is 5.54 Å². The fraction of sp³-hybridized carbons (Fsp3) is 1.00. The van der Waals surface area contributed by atoms with Crippen LogP contribution >= 0.6 is 0 Å². The molecule has 0 fully saturated rings. The minimum absolute atomic E-state index is 0.428. The van der Waals surface area contributed by atoms with Gasteiger partial charge in [-0.05, 0) is 26.9 Å². The van der Waals surface area contributed by atoms with Crippen LogP contribution in [-0.2, 0) is 4.74 Å². The number of hydrogen-bond donors (Lipinski definition) is 1. The molecule has 0 aromatic rings. The van der Waals surface area contributed by atoms with E-state index in [0.29, 0.717) is 6.54 Å². The molecule has 0 aromatic carbocycles. The van der Waals surface area contributed by atoms with Crippen LogP contribution in [0.2, 0.25) is 0 Å². The number of nitrogens with zero attached hydrogens (tertiary/aromatic N) is 1. The van der Waals surface area contributed by atoms with Gasteiger partial charge < -0.3 is 9.64 Å². The molecule has 4 heteroatoms. The SMILES string of the molecule is CN(C)CCOCCCCNF. The summed E-state index contributed by atoms with van der Waals surface area (Å²) in [7, 11) is 4.02. The maximum Gasteiger partial charge on any atom is 0.0593 e. The number of rotatable bonds is 8. The Balaban J connectivity index is 2.82. The van der Waals surface area contributed by atoms with Crippen molar-refractivity contribution in [2.24, 2.45) is 0 Å². The third kappa shape index (κ3) is 9.81. The Labute approximate surface area is 73.8 Å². The van der Waals surface area contributed by atoms with Crippen LogP contribution in [0.5, 0.6) is 0 Å². The predicted molar refractivity (Wildman–Crippen MR) is 47.7 cm³/mol. The predicted octanol–water partition coefficient (Wildman–Crippen LogP) is 0.819. The van der Waals surface area contributed by atoms with Gasteiger partial charge in [-0.3, -0.25) is 0 Å². The van der Waals surface area contributed by atoms with E-state index < -0.39 is 0 Å². The fourth-order valence-electron chi connectivity index (χ4n) is 0.745. The minimum Gasteiger partial charge on any atom is -0.380 e. The Morgan fingerprint density at radius 3 is 2.58 bits per heavy atom. The topological polar surface area (TPSA) is 24.5 Å². The molecule has 0 atom stereocenters. The van der Waals surface area contributed by atoms with Crippen molar-refractivity contribution in [3.63, 3.8) is 0 Å². The molecular weight excluding hydrogens is 159 g/mol. The van der Waals surface area contributed by atoms with E-state index >= 15 is 0 Å². The highest BCUT2D eigenvalue weighted by atomic mass is 19.2. The molecule has 0 saturated heterocycles. The van der Waals surface area contributed by atoms with Crippen molar-refractivity contribution in [3.8, 4) is 0 Å². The number of ether oxygens (including phenoxy) is 1. The summed E-state index contributed by atoms with van der Waals surface area (Å²) in [4.78, 5) is 2.07. The highest BCUT2D eigenvalue weighted by Crippen LogP contribution is 1.88. The number of halogens is 1. The quantitative estimate of drug-likeness (QED) is 0.440.